The van der Waals surface area contributed by atoms with Gasteiger partial charge in [0.25, 0.3) is 0 Å². The molecular formula is C12H21N. The molecule has 1 saturated carbocycles. The second-order valence-electron chi connectivity index (χ2n) is 4.05. The van der Waals surface area contributed by atoms with Crippen LogP contribution in [-0.4, -0.2) is 13.1 Å². The summed E-state index contributed by atoms with van der Waals surface area (Å²) >= 11 is 0. The van der Waals surface area contributed by atoms with Crippen LogP contribution in [0.2, 0.25) is 0 Å². The summed E-state index contributed by atoms with van der Waals surface area (Å²) in [5, 5.41) is 3.49. The summed E-state index contributed by atoms with van der Waals surface area (Å²) in [5.41, 5.74) is 0. The molecule has 1 aliphatic rings. The van der Waals surface area contributed by atoms with E-state index in [1.165, 1.54) is 25.8 Å². The molecule has 0 heterocycles. The van der Waals surface area contributed by atoms with Gasteiger partial charge < -0.3 is 5.32 Å². The molecule has 2 atom stereocenters. The fourth-order valence-corrected chi connectivity index (χ4v) is 2.09. The third kappa shape index (κ3) is 3.83. The molecule has 1 N–H and O–H groups in total. The van der Waals surface area contributed by atoms with E-state index >= 15 is 0 Å². The van der Waals surface area contributed by atoms with E-state index in [4.69, 9.17) is 0 Å². The van der Waals surface area contributed by atoms with Crippen LogP contribution < -0.4 is 5.32 Å². The number of hydrogen-bond acceptors (Lipinski definition) is 1. The molecule has 0 saturated heterocycles. The van der Waals surface area contributed by atoms with Gasteiger partial charge in [0.15, 0.2) is 0 Å². The Morgan fingerprint density at radius 1 is 1.38 bits per heavy atom. The standard InChI is InChI=1S/C12H21N/c1-3-4-5-9-13-10-12-8-6-7-11(12)2/h11-13H,5-10H2,1-2H3. The largest absolute Gasteiger partial charge is 0.315 e. The van der Waals surface area contributed by atoms with Gasteiger partial charge in [-0.25, -0.2) is 0 Å². The lowest BCUT2D eigenvalue weighted by atomic mass is 9.98. The Kier molecular flexibility index (Phi) is 4.93. The van der Waals surface area contributed by atoms with Crippen LogP contribution in [0.15, 0.2) is 0 Å². The average molecular weight is 179 g/mol. The van der Waals surface area contributed by atoms with Crippen LogP contribution in [0.3, 0.4) is 0 Å². The van der Waals surface area contributed by atoms with Gasteiger partial charge in [-0.3, -0.25) is 0 Å². The highest BCUT2D eigenvalue weighted by atomic mass is 14.9. The monoisotopic (exact) mass is 179 g/mol. The van der Waals surface area contributed by atoms with Gasteiger partial charge in [0.2, 0.25) is 0 Å². The van der Waals surface area contributed by atoms with Gasteiger partial charge in [-0.05, 0) is 31.7 Å². The molecule has 1 rings (SSSR count). The van der Waals surface area contributed by atoms with Crippen molar-refractivity contribution in [2.45, 2.75) is 39.5 Å². The molecule has 74 valence electrons. The Morgan fingerprint density at radius 3 is 2.85 bits per heavy atom. The fourth-order valence-electron chi connectivity index (χ4n) is 2.09. The van der Waals surface area contributed by atoms with Crippen molar-refractivity contribution < 1.29 is 0 Å². The highest BCUT2D eigenvalue weighted by Crippen LogP contribution is 2.30. The predicted molar refractivity (Wildman–Crippen MR) is 57.4 cm³/mol. The van der Waals surface area contributed by atoms with Crippen molar-refractivity contribution in [3.63, 3.8) is 0 Å². The summed E-state index contributed by atoms with van der Waals surface area (Å²) in [7, 11) is 0. The SMILES string of the molecule is CC#CCCNCC1CCCC1C. The van der Waals surface area contributed by atoms with Crippen molar-refractivity contribution in [1.29, 1.82) is 0 Å². The molecule has 0 radical (unpaired) electrons. The molecule has 0 aliphatic heterocycles. The van der Waals surface area contributed by atoms with Crippen LogP contribution in [0, 0.1) is 23.7 Å². The molecule has 0 aromatic heterocycles. The Balaban J connectivity index is 2.01. The van der Waals surface area contributed by atoms with Crippen molar-refractivity contribution >= 4 is 0 Å². The first kappa shape index (κ1) is 10.6. The Labute approximate surface area is 82.3 Å². The zero-order chi connectivity index (χ0) is 9.52. The minimum Gasteiger partial charge on any atom is -0.315 e. The normalized spacial score (nSPS) is 26.9. The Hall–Kier alpha value is -0.480. The van der Waals surface area contributed by atoms with Crippen LogP contribution in [0.5, 0.6) is 0 Å². The fraction of sp³-hybridized carbons (Fsp3) is 0.833. The van der Waals surface area contributed by atoms with Gasteiger partial charge in [0, 0.05) is 13.0 Å². The summed E-state index contributed by atoms with van der Waals surface area (Å²) in [4.78, 5) is 0. The van der Waals surface area contributed by atoms with E-state index in [1.807, 2.05) is 6.92 Å². The zero-order valence-corrected chi connectivity index (χ0v) is 8.90. The van der Waals surface area contributed by atoms with E-state index in [0.29, 0.717) is 0 Å². The van der Waals surface area contributed by atoms with Crippen molar-refractivity contribution in [3.05, 3.63) is 0 Å². The second kappa shape index (κ2) is 6.05. The van der Waals surface area contributed by atoms with E-state index in [9.17, 15) is 0 Å². The zero-order valence-electron chi connectivity index (χ0n) is 8.90. The van der Waals surface area contributed by atoms with Crippen molar-refractivity contribution in [1.82, 2.24) is 5.32 Å². The van der Waals surface area contributed by atoms with Crippen LogP contribution in [-0.2, 0) is 0 Å². The lowest BCUT2D eigenvalue weighted by Crippen LogP contribution is -2.24. The maximum absolute atomic E-state index is 3.49. The van der Waals surface area contributed by atoms with Crippen LogP contribution in [0.4, 0.5) is 0 Å². The van der Waals surface area contributed by atoms with Gasteiger partial charge in [0.05, 0.1) is 0 Å². The molecule has 0 spiro atoms. The molecule has 13 heavy (non-hydrogen) atoms. The number of nitrogens with one attached hydrogen (secondary N) is 1. The molecule has 1 fully saturated rings. The number of hydrogen-bond donors (Lipinski definition) is 1. The van der Waals surface area contributed by atoms with Gasteiger partial charge in [0.1, 0.15) is 0 Å². The first-order valence-corrected chi connectivity index (χ1v) is 5.45. The topological polar surface area (TPSA) is 12.0 Å². The smallest absolute Gasteiger partial charge is 0.0214 e. The highest BCUT2D eigenvalue weighted by Gasteiger charge is 2.22. The molecule has 1 heteroatoms. The lowest BCUT2D eigenvalue weighted by Gasteiger charge is -2.15. The molecule has 1 nitrogen and oxygen atoms in total. The minimum absolute atomic E-state index is 0.926. The third-order valence-corrected chi connectivity index (χ3v) is 3.05. The first-order valence-electron chi connectivity index (χ1n) is 5.45. The maximum atomic E-state index is 3.49. The van der Waals surface area contributed by atoms with Gasteiger partial charge in [-0.1, -0.05) is 19.8 Å². The predicted octanol–water partition coefficient (Wildman–Crippen LogP) is 2.43. The van der Waals surface area contributed by atoms with Crippen LogP contribution in [0.1, 0.15) is 39.5 Å². The summed E-state index contributed by atoms with van der Waals surface area (Å²) in [5.74, 6) is 7.85. The molecular weight excluding hydrogens is 158 g/mol. The van der Waals surface area contributed by atoms with E-state index in [0.717, 1.165) is 24.8 Å². The van der Waals surface area contributed by atoms with E-state index in [1.54, 1.807) is 0 Å². The number of rotatable bonds is 4. The van der Waals surface area contributed by atoms with Gasteiger partial charge in [-0.15, -0.1) is 11.8 Å². The van der Waals surface area contributed by atoms with E-state index < -0.39 is 0 Å². The van der Waals surface area contributed by atoms with E-state index in [-0.39, 0.29) is 0 Å². The quantitative estimate of drug-likeness (QED) is 0.516. The minimum atomic E-state index is 0.926. The second-order valence-corrected chi connectivity index (χ2v) is 4.05. The Bertz CT molecular complexity index is 187. The molecule has 0 aromatic carbocycles. The van der Waals surface area contributed by atoms with Gasteiger partial charge in [-0.2, -0.15) is 0 Å². The van der Waals surface area contributed by atoms with Crippen molar-refractivity contribution in [2.75, 3.05) is 13.1 Å². The maximum Gasteiger partial charge on any atom is 0.0214 e. The van der Waals surface area contributed by atoms with E-state index in [2.05, 4.69) is 24.1 Å². The molecule has 2 unspecified atom stereocenters. The average Bonchev–Trinajstić information content (AvgIpc) is 2.52. The van der Waals surface area contributed by atoms with Gasteiger partial charge >= 0.3 is 0 Å². The van der Waals surface area contributed by atoms with Crippen molar-refractivity contribution in [2.24, 2.45) is 11.8 Å². The Morgan fingerprint density at radius 2 is 2.23 bits per heavy atom. The van der Waals surface area contributed by atoms with Crippen molar-refractivity contribution in [3.8, 4) is 11.8 Å². The summed E-state index contributed by atoms with van der Waals surface area (Å²) in [6.07, 6.45) is 5.29. The summed E-state index contributed by atoms with van der Waals surface area (Å²) in [6, 6.07) is 0. The summed E-state index contributed by atoms with van der Waals surface area (Å²) in [6.45, 7) is 6.54. The third-order valence-electron chi connectivity index (χ3n) is 3.05. The summed E-state index contributed by atoms with van der Waals surface area (Å²) < 4.78 is 0. The molecule has 1 aliphatic carbocycles. The molecule has 0 amide bonds. The highest BCUT2D eigenvalue weighted by molar-refractivity contribution is 4.95. The van der Waals surface area contributed by atoms with Crippen LogP contribution in [0.25, 0.3) is 0 Å². The lowest BCUT2D eigenvalue weighted by molar-refractivity contribution is 0.395. The molecule has 0 aromatic rings. The molecule has 0 bridgehead atoms. The van der Waals surface area contributed by atoms with Crippen LogP contribution >= 0.6 is 0 Å². The first-order chi connectivity index (χ1) is 6.34.